The van der Waals surface area contributed by atoms with E-state index in [9.17, 15) is 9.81 Å². The number of hydrogen-bond acceptors (Lipinski definition) is 6. The van der Waals surface area contributed by atoms with E-state index >= 15 is 0 Å². The van der Waals surface area contributed by atoms with Gasteiger partial charge in [0.25, 0.3) is 0 Å². The number of nitrogens with two attached hydrogens (primary N) is 1. The van der Waals surface area contributed by atoms with E-state index in [4.69, 9.17) is 5.84 Å². The fourth-order valence-electron chi connectivity index (χ4n) is 0.450. The fourth-order valence-corrected chi connectivity index (χ4v) is 0.450. The normalized spacial score (nSPS) is 9.80. The van der Waals surface area contributed by atoms with Crippen molar-refractivity contribution in [2.24, 2.45) is 16.2 Å². The van der Waals surface area contributed by atoms with Crippen LogP contribution in [0.15, 0.2) is 10.4 Å². The zero-order valence-electron chi connectivity index (χ0n) is 5.56. The molecule has 0 rings (SSSR count). The van der Waals surface area contributed by atoms with Crippen molar-refractivity contribution >= 4 is 0 Å². The molecule has 0 amide bonds. The Labute approximate surface area is 58.3 Å². The van der Waals surface area contributed by atoms with E-state index in [1.165, 1.54) is 5.01 Å². The highest BCUT2D eigenvalue weighted by molar-refractivity contribution is 4.52. The minimum atomic E-state index is 0.148. The van der Waals surface area contributed by atoms with Crippen molar-refractivity contribution in [3.05, 3.63) is 9.81 Å². The summed E-state index contributed by atoms with van der Waals surface area (Å²) in [4.78, 5) is 19.1. The minimum Gasteiger partial charge on any atom is -0.269 e. The second-order valence-corrected chi connectivity index (χ2v) is 1.74. The van der Waals surface area contributed by atoms with Gasteiger partial charge in [0.05, 0.1) is 13.1 Å². The number of nitroso groups, excluding NO2 is 2. The van der Waals surface area contributed by atoms with Crippen molar-refractivity contribution in [3.63, 3.8) is 0 Å². The largest absolute Gasteiger partial charge is 0.269 e. The topological polar surface area (TPSA) is 88.1 Å². The first-order valence-electron chi connectivity index (χ1n) is 2.89. The molecule has 0 bridgehead atoms. The maximum absolute atomic E-state index is 9.57. The second-order valence-electron chi connectivity index (χ2n) is 1.74. The van der Waals surface area contributed by atoms with Gasteiger partial charge in [0, 0.05) is 13.1 Å². The van der Waals surface area contributed by atoms with Crippen LogP contribution in [0.4, 0.5) is 0 Å². The highest BCUT2D eigenvalue weighted by Crippen LogP contribution is 1.78. The first-order chi connectivity index (χ1) is 4.81. The van der Waals surface area contributed by atoms with Crippen molar-refractivity contribution in [3.8, 4) is 0 Å². The number of hydrazine groups is 1. The molecule has 0 spiro atoms. The third kappa shape index (κ3) is 5.26. The van der Waals surface area contributed by atoms with Crippen LogP contribution in [-0.2, 0) is 0 Å². The van der Waals surface area contributed by atoms with Crippen LogP contribution in [0.5, 0.6) is 0 Å². The molecule has 6 nitrogen and oxygen atoms in total. The standard InChI is InChI=1S/C4H10N4O2/c5-8(3-1-6-9)4-2-7-10/h1-5H2. The van der Waals surface area contributed by atoms with Crippen molar-refractivity contribution in [1.82, 2.24) is 5.01 Å². The van der Waals surface area contributed by atoms with E-state index in [0.29, 0.717) is 13.1 Å². The lowest BCUT2D eigenvalue weighted by Gasteiger charge is -2.10. The monoisotopic (exact) mass is 146 g/mol. The maximum Gasteiger partial charge on any atom is 0.0952 e. The summed E-state index contributed by atoms with van der Waals surface area (Å²) in [7, 11) is 0. The maximum atomic E-state index is 9.57. The molecule has 0 saturated carbocycles. The summed E-state index contributed by atoms with van der Waals surface area (Å²) in [5, 5.41) is 6.54. The van der Waals surface area contributed by atoms with Crippen LogP contribution in [0.1, 0.15) is 0 Å². The third-order valence-corrected chi connectivity index (χ3v) is 0.957. The molecule has 0 aromatic heterocycles. The van der Waals surface area contributed by atoms with Gasteiger partial charge in [-0.3, -0.25) is 5.84 Å². The van der Waals surface area contributed by atoms with Gasteiger partial charge in [-0.05, 0) is 0 Å². The smallest absolute Gasteiger partial charge is 0.0952 e. The Bertz CT molecular complexity index is 95.4. The minimum absolute atomic E-state index is 0.148. The lowest BCUT2D eigenvalue weighted by atomic mass is 10.5. The molecule has 6 heteroatoms. The predicted molar refractivity (Wildman–Crippen MR) is 37.1 cm³/mol. The summed E-state index contributed by atoms with van der Waals surface area (Å²) >= 11 is 0. The number of rotatable bonds is 6. The predicted octanol–water partition coefficient (Wildman–Crippen LogP) is -0.305. The summed E-state index contributed by atoms with van der Waals surface area (Å²) in [6.07, 6.45) is 0. The van der Waals surface area contributed by atoms with Gasteiger partial charge < -0.3 is 0 Å². The van der Waals surface area contributed by atoms with Crippen molar-refractivity contribution in [2.75, 3.05) is 26.2 Å². The molecule has 0 radical (unpaired) electrons. The van der Waals surface area contributed by atoms with E-state index in [2.05, 4.69) is 10.4 Å². The molecule has 0 aliphatic rings. The highest BCUT2D eigenvalue weighted by atomic mass is 16.3. The molecule has 10 heavy (non-hydrogen) atoms. The van der Waals surface area contributed by atoms with E-state index in [1.54, 1.807) is 0 Å². The molecular weight excluding hydrogens is 136 g/mol. The van der Waals surface area contributed by atoms with Gasteiger partial charge in [-0.15, -0.1) is 0 Å². The quantitative estimate of drug-likeness (QED) is 0.316. The van der Waals surface area contributed by atoms with Gasteiger partial charge in [0.15, 0.2) is 0 Å². The molecule has 0 unspecified atom stereocenters. The Morgan fingerprint density at radius 3 is 1.80 bits per heavy atom. The van der Waals surface area contributed by atoms with Crippen LogP contribution in [0.25, 0.3) is 0 Å². The van der Waals surface area contributed by atoms with Crippen LogP contribution >= 0.6 is 0 Å². The Balaban J connectivity index is 3.15. The second kappa shape index (κ2) is 6.24. The third-order valence-electron chi connectivity index (χ3n) is 0.957. The summed E-state index contributed by atoms with van der Waals surface area (Å²) < 4.78 is 0. The molecule has 0 aliphatic carbocycles. The van der Waals surface area contributed by atoms with Crippen molar-refractivity contribution in [1.29, 1.82) is 0 Å². The van der Waals surface area contributed by atoms with Crippen LogP contribution in [0.2, 0.25) is 0 Å². The molecule has 0 heterocycles. The van der Waals surface area contributed by atoms with Gasteiger partial charge in [0.1, 0.15) is 0 Å². The average molecular weight is 146 g/mol. The molecular formula is C4H10N4O2. The summed E-state index contributed by atoms with van der Waals surface area (Å²) in [6.45, 7) is 1.04. The Hall–Kier alpha value is -0.880. The fraction of sp³-hybridized carbons (Fsp3) is 1.00. The van der Waals surface area contributed by atoms with Crippen LogP contribution in [-0.4, -0.2) is 31.2 Å². The SMILES string of the molecule is NN(CCN=O)CCN=O. The number of hydrogen-bond donors (Lipinski definition) is 1. The Morgan fingerprint density at radius 1 is 1.10 bits per heavy atom. The molecule has 0 aliphatic heterocycles. The average Bonchev–Trinajstić information content (AvgIpc) is 1.97. The zero-order valence-corrected chi connectivity index (χ0v) is 5.56. The van der Waals surface area contributed by atoms with Crippen molar-refractivity contribution in [2.45, 2.75) is 0 Å². The molecule has 0 atom stereocenters. The lowest BCUT2D eigenvalue weighted by Crippen LogP contribution is -2.35. The van der Waals surface area contributed by atoms with Crippen LogP contribution in [0, 0.1) is 9.81 Å². The van der Waals surface area contributed by atoms with Crippen LogP contribution in [0.3, 0.4) is 0 Å². The zero-order chi connectivity index (χ0) is 7.82. The first-order valence-corrected chi connectivity index (χ1v) is 2.89. The van der Waals surface area contributed by atoms with Gasteiger partial charge in [-0.25, -0.2) is 5.01 Å². The molecule has 0 aromatic rings. The van der Waals surface area contributed by atoms with Crippen LogP contribution < -0.4 is 5.84 Å². The van der Waals surface area contributed by atoms with E-state index in [-0.39, 0.29) is 13.1 Å². The molecule has 0 aromatic carbocycles. The van der Waals surface area contributed by atoms with Gasteiger partial charge in [0.2, 0.25) is 0 Å². The van der Waals surface area contributed by atoms with E-state index in [0.717, 1.165) is 0 Å². The van der Waals surface area contributed by atoms with Crippen molar-refractivity contribution < 1.29 is 0 Å². The van der Waals surface area contributed by atoms with E-state index in [1.807, 2.05) is 0 Å². The van der Waals surface area contributed by atoms with Gasteiger partial charge >= 0.3 is 0 Å². The molecule has 58 valence electrons. The molecule has 0 fully saturated rings. The first kappa shape index (κ1) is 9.12. The Kier molecular flexibility index (Phi) is 5.69. The summed E-state index contributed by atoms with van der Waals surface area (Å²) in [5.74, 6) is 5.28. The summed E-state index contributed by atoms with van der Waals surface area (Å²) in [5.41, 5.74) is 0. The highest BCUT2D eigenvalue weighted by Gasteiger charge is 1.96. The summed E-state index contributed by atoms with van der Waals surface area (Å²) in [6, 6.07) is 0. The lowest BCUT2D eigenvalue weighted by molar-refractivity contribution is 0.300. The van der Waals surface area contributed by atoms with E-state index < -0.39 is 0 Å². The number of nitrogens with zero attached hydrogens (tertiary/aromatic N) is 3. The Morgan fingerprint density at radius 2 is 1.50 bits per heavy atom. The van der Waals surface area contributed by atoms with Gasteiger partial charge in [-0.1, -0.05) is 10.4 Å². The molecule has 0 saturated heterocycles. The van der Waals surface area contributed by atoms with Gasteiger partial charge in [-0.2, -0.15) is 9.81 Å². The molecule has 2 N–H and O–H groups in total.